The van der Waals surface area contributed by atoms with Gasteiger partial charge in [0.25, 0.3) is 0 Å². The molecule has 0 amide bonds. The van der Waals surface area contributed by atoms with E-state index in [1.54, 1.807) is 24.3 Å². The molecule has 0 fully saturated rings. The van der Waals surface area contributed by atoms with E-state index in [0.29, 0.717) is 5.57 Å². The first-order valence-corrected chi connectivity index (χ1v) is 2.55. The number of nitrogens with zero attached hydrogens (tertiary/aromatic N) is 1. The van der Waals surface area contributed by atoms with Crippen LogP contribution in [0.4, 0.5) is 0 Å². The van der Waals surface area contributed by atoms with Crippen LogP contribution in [0, 0.1) is 0 Å². The van der Waals surface area contributed by atoms with Crippen molar-refractivity contribution in [1.82, 2.24) is 0 Å². The summed E-state index contributed by atoms with van der Waals surface area (Å²) >= 11 is 0. The Labute approximate surface area is 52.6 Å². The summed E-state index contributed by atoms with van der Waals surface area (Å²) < 4.78 is 0. The molecule has 9 heavy (non-hydrogen) atoms. The van der Waals surface area contributed by atoms with Gasteiger partial charge in [-0.05, 0) is 12.2 Å². The Balaban J connectivity index is 2.90. The molecule has 3 nitrogen and oxygen atoms in total. The highest BCUT2D eigenvalue weighted by Crippen LogP contribution is 2.01. The summed E-state index contributed by atoms with van der Waals surface area (Å²) in [5.74, 6) is 1.69. The molecule has 1 aliphatic rings. The second-order valence-corrected chi connectivity index (χ2v) is 1.66. The van der Waals surface area contributed by atoms with Gasteiger partial charge in [0, 0.05) is 6.21 Å². The third kappa shape index (κ3) is 1.13. The number of allylic oxidation sites excluding steroid dienone is 1. The first-order chi connectivity index (χ1) is 4.34. The van der Waals surface area contributed by atoms with Gasteiger partial charge in [0.2, 0.25) is 0 Å². The van der Waals surface area contributed by atoms with Crippen LogP contribution in [0.15, 0.2) is 22.7 Å². The van der Waals surface area contributed by atoms with Crippen LogP contribution < -0.4 is 5.73 Å². The van der Waals surface area contributed by atoms with Crippen molar-refractivity contribution >= 4 is 12.2 Å². The number of aliphatic imine (C=N–C) groups is 1. The van der Waals surface area contributed by atoms with Crippen LogP contribution >= 0.6 is 0 Å². The molecule has 1 atom stereocenters. The van der Waals surface area contributed by atoms with Crippen molar-refractivity contribution in [2.75, 3.05) is 0 Å². The van der Waals surface area contributed by atoms with Crippen molar-refractivity contribution in [1.29, 1.82) is 0 Å². The fraction of sp³-hybridized carbons (Fsp3) is 0.167. The standard InChI is InChI=1S/C6H6N2O/c7-6-5(4-9)2-1-3-8-6/h1-3,6H,7H2. The first kappa shape index (κ1) is 5.95. The summed E-state index contributed by atoms with van der Waals surface area (Å²) in [4.78, 5) is 13.8. The van der Waals surface area contributed by atoms with Gasteiger partial charge in [-0.2, -0.15) is 0 Å². The molecule has 0 aromatic heterocycles. The van der Waals surface area contributed by atoms with Gasteiger partial charge >= 0.3 is 0 Å². The van der Waals surface area contributed by atoms with Gasteiger partial charge in [0.05, 0.1) is 5.57 Å². The zero-order valence-electron chi connectivity index (χ0n) is 4.74. The average molecular weight is 122 g/mol. The van der Waals surface area contributed by atoms with Crippen molar-refractivity contribution in [3.63, 3.8) is 0 Å². The molecule has 1 aliphatic heterocycles. The summed E-state index contributed by atoms with van der Waals surface area (Å²) in [6, 6.07) is 0. The van der Waals surface area contributed by atoms with E-state index in [1.807, 2.05) is 0 Å². The molecular weight excluding hydrogens is 116 g/mol. The summed E-state index contributed by atoms with van der Waals surface area (Å²) in [6.07, 6.45) is 4.31. The Kier molecular flexibility index (Phi) is 1.58. The molecule has 1 rings (SSSR count). The van der Waals surface area contributed by atoms with E-state index >= 15 is 0 Å². The Morgan fingerprint density at radius 1 is 1.78 bits per heavy atom. The van der Waals surface area contributed by atoms with Gasteiger partial charge in [-0.1, -0.05) is 0 Å². The number of rotatable bonds is 0. The van der Waals surface area contributed by atoms with Crippen molar-refractivity contribution in [3.05, 3.63) is 17.7 Å². The summed E-state index contributed by atoms with van der Waals surface area (Å²) in [6.45, 7) is 0. The molecule has 0 aromatic rings. The lowest BCUT2D eigenvalue weighted by atomic mass is 10.2. The number of carbonyl (C=O) groups excluding carboxylic acids is 1. The third-order valence-electron chi connectivity index (χ3n) is 1.05. The lowest BCUT2D eigenvalue weighted by Crippen LogP contribution is -2.21. The molecule has 0 radical (unpaired) electrons. The first-order valence-electron chi connectivity index (χ1n) is 2.55. The highest BCUT2D eigenvalue weighted by Gasteiger charge is 2.05. The third-order valence-corrected chi connectivity index (χ3v) is 1.05. The number of hydrogen-bond donors (Lipinski definition) is 1. The largest absolute Gasteiger partial charge is 0.305 e. The van der Waals surface area contributed by atoms with Crippen LogP contribution in [-0.4, -0.2) is 18.3 Å². The molecule has 0 saturated carbocycles. The molecule has 1 heterocycles. The highest BCUT2D eigenvalue weighted by atomic mass is 16.1. The van der Waals surface area contributed by atoms with Crippen LogP contribution in [0.25, 0.3) is 0 Å². The minimum Gasteiger partial charge on any atom is -0.305 e. The summed E-state index contributed by atoms with van der Waals surface area (Å²) in [5.41, 5.74) is 5.74. The van der Waals surface area contributed by atoms with Gasteiger partial charge in [0.1, 0.15) is 12.1 Å². The highest BCUT2D eigenvalue weighted by molar-refractivity contribution is 5.77. The van der Waals surface area contributed by atoms with Crippen LogP contribution in [0.5, 0.6) is 0 Å². The van der Waals surface area contributed by atoms with E-state index in [1.165, 1.54) is 0 Å². The summed E-state index contributed by atoms with van der Waals surface area (Å²) in [7, 11) is 0. The molecule has 0 spiro atoms. The van der Waals surface area contributed by atoms with Crippen molar-refractivity contribution < 1.29 is 4.79 Å². The molecule has 0 saturated heterocycles. The number of hydrogen-bond acceptors (Lipinski definition) is 3. The topological polar surface area (TPSA) is 55.4 Å². The van der Waals surface area contributed by atoms with Gasteiger partial charge < -0.3 is 5.73 Å². The molecule has 1 unspecified atom stereocenters. The molecular formula is C6H6N2O. The van der Waals surface area contributed by atoms with E-state index in [4.69, 9.17) is 5.73 Å². The second kappa shape index (κ2) is 2.40. The predicted octanol–water partition coefficient (Wildman–Crippen LogP) is -0.330. The minimum atomic E-state index is -0.507. The molecule has 3 heteroatoms. The zero-order valence-corrected chi connectivity index (χ0v) is 4.74. The van der Waals surface area contributed by atoms with Crippen LogP contribution in [0.2, 0.25) is 0 Å². The quantitative estimate of drug-likeness (QED) is 0.447. The molecule has 0 bridgehead atoms. The molecule has 46 valence electrons. The van der Waals surface area contributed by atoms with E-state index in [0.717, 1.165) is 0 Å². The van der Waals surface area contributed by atoms with E-state index in [9.17, 15) is 4.79 Å². The maximum Gasteiger partial charge on any atom is 0.133 e. The normalized spacial score (nSPS) is 24.1. The van der Waals surface area contributed by atoms with Gasteiger partial charge in [-0.15, -0.1) is 0 Å². The van der Waals surface area contributed by atoms with Crippen molar-refractivity contribution in [2.24, 2.45) is 10.7 Å². The fourth-order valence-corrected chi connectivity index (χ4v) is 0.562. The van der Waals surface area contributed by atoms with Gasteiger partial charge in [0.15, 0.2) is 0 Å². The SMILES string of the molecule is NC1N=CC=CC1=C=O. The lowest BCUT2D eigenvalue weighted by Gasteiger charge is -2.04. The van der Waals surface area contributed by atoms with E-state index in [2.05, 4.69) is 4.99 Å². The monoisotopic (exact) mass is 122 g/mol. The zero-order chi connectivity index (χ0) is 6.69. The Bertz CT molecular complexity index is 211. The average Bonchev–Trinajstić information content (AvgIpc) is 1.89. The number of nitrogens with two attached hydrogens (primary N) is 1. The van der Waals surface area contributed by atoms with Crippen molar-refractivity contribution in [3.8, 4) is 0 Å². The number of dihydropyridines is 1. The maximum atomic E-state index is 10.0. The van der Waals surface area contributed by atoms with E-state index in [-0.39, 0.29) is 0 Å². The van der Waals surface area contributed by atoms with Crippen LogP contribution in [-0.2, 0) is 4.79 Å². The fourth-order valence-electron chi connectivity index (χ4n) is 0.562. The van der Waals surface area contributed by atoms with Gasteiger partial charge in [-0.3, -0.25) is 4.99 Å². The Morgan fingerprint density at radius 3 is 3.00 bits per heavy atom. The van der Waals surface area contributed by atoms with Gasteiger partial charge in [-0.25, -0.2) is 4.79 Å². The minimum absolute atomic E-state index is 0.400. The Hall–Kier alpha value is -1.18. The molecule has 0 aromatic carbocycles. The Morgan fingerprint density at radius 2 is 2.56 bits per heavy atom. The maximum absolute atomic E-state index is 10.0. The van der Waals surface area contributed by atoms with Crippen LogP contribution in [0.1, 0.15) is 0 Å². The molecule has 2 N–H and O–H groups in total. The predicted molar refractivity (Wildman–Crippen MR) is 34.8 cm³/mol. The summed E-state index contributed by atoms with van der Waals surface area (Å²) in [5, 5.41) is 0. The lowest BCUT2D eigenvalue weighted by molar-refractivity contribution is 0.565. The van der Waals surface area contributed by atoms with E-state index < -0.39 is 6.17 Å². The van der Waals surface area contributed by atoms with Crippen LogP contribution in [0.3, 0.4) is 0 Å². The molecule has 0 aliphatic carbocycles. The smallest absolute Gasteiger partial charge is 0.133 e. The van der Waals surface area contributed by atoms with Crippen molar-refractivity contribution in [2.45, 2.75) is 6.17 Å². The second-order valence-electron chi connectivity index (χ2n) is 1.66.